The lowest BCUT2D eigenvalue weighted by atomic mass is 9.95. The molecule has 3 aromatic rings. The molecule has 6 aliphatic rings. The largest absolute Gasteiger partial charge is 0.371 e. The average Bonchev–Trinajstić information content (AvgIpc) is 3.64. The van der Waals surface area contributed by atoms with E-state index in [9.17, 15) is 37.2 Å². The highest BCUT2D eigenvalue weighted by atomic mass is 32.2. The van der Waals surface area contributed by atoms with Gasteiger partial charge < -0.3 is 31.1 Å². The van der Waals surface area contributed by atoms with Crippen molar-refractivity contribution in [2.75, 3.05) is 67.2 Å². The Balaban J connectivity index is 0.738. The lowest BCUT2D eigenvalue weighted by Crippen LogP contribution is -2.54. The number of nitrogens with zero attached hydrogens (tertiary/aromatic N) is 6. The molecule has 0 radical (unpaired) electrons. The molecule has 4 unspecified atom stereocenters. The molecule has 18 nitrogen and oxygen atoms in total. The highest BCUT2D eigenvalue weighted by Gasteiger charge is 2.59. The van der Waals surface area contributed by atoms with E-state index < -0.39 is 45.4 Å². The van der Waals surface area contributed by atoms with Gasteiger partial charge in [-0.3, -0.25) is 39.0 Å². The zero-order valence-corrected chi connectivity index (χ0v) is 34.5. The van der Waals surface area contributed by atoms with Crippen molar-refractivity contribution in [2.45, 2.75) is 55.5 Å². The third kappa shape index (κ3) is 8.03. The first-order valence-electron chi connectivity index (χ1n) is 20.8. The lowest BCUT2D eigenvalue weighted by Gasteiger charge is -2.36. The number of nitrogens with two attached hydrogens (primary N) is 1. The molecule has 6 heterocycles. The fraction of sp³-hybridized carbons (Fsp3) is 0.476. The Morgan fingerprint density at radius 2 is 1.61 bits per heavy atom. The summed E-state index contributed by atoms with van der Waals surface area (Å²) in [5.74, 6) is -0.808. The second-order valence-electron chi connectivity index (χ2n) is 17.2. The van der Waals surface area contributed by atoms with Gasteiger partial charge in [0.1, 0.15) is 11.9 Å². The Kier molecular flexibility index (Phi) is 10.5. The van der Waals surface area contributed by atoms with Crippen LogP contribution in [0.1, 0.15) is 69.7 Å². The molecule has 4 saturated heterocycles. The van der Waals surface area contributed by atoms with Crippen LogP contribution in [0.15, 0.2) is 53.6 Å². The minimum absolute atomic E-state index is 0.00770. The lowest BCUT2D eigenvalue weighted by molar-refractivity contribution is -0.136. The number of fused-ring (bicyclic) bond motifs is 2. The van der Waals surface area contributed by atoms with Gasteiger partial charge in [-0.05, 0) is 92.3 Å². The van der Waals surface area contributed by atoms with E-state index >= 15 is 0 Å². The van der Waals surface area contributed by atoms with Gasteiger partial charge in [-0.1, -0.05) is 0 Å². The Bertz CT molecular complexity index is 2430. The number of anilines is 4. The summed E-state index contributed by atoms with van der Waals surface area (Å²) in [6.07, 6.45) is 6.45. The van der Waals surface area contributed by atoms with E-state index in [0.717, 1.165) is 75.3 Å². The maximum absolute atomic E-state index is 13.5. The Hall–Kier alpha value is -5.95. The molecule has 5 fully saturated rings. The molecule has 0 spiro atoms. The van der Waals surface area contributed by atoms with Crippen LogP contribution in [0, 0.1) is 23.7 Å². The minimum atomic E-state index is -3.38. The van der Waals surface area contributed by atoms with E-state index in [1.807, 2.05) is 11.0 Å². The number of piperidine rings is 4. The molecule has 1 saturated carbocycles. The van der Waals surface area contributed by atoms with Crippen LogP contribution in [0.4, 0.5) is 23.0 Å². The zero-order valence-electron chi connectivity index (χ0n) is 33.7. The molecule has 9 rings (SSSR count). The Morgan fingerprint density at radius 3 is 2.30 bits per heavy atom. The molecule has 320 valence electrons. The minimum Gasteiger partial charge on any atom is -0.371 e. The van der Waals surface area contributed by atoms with Gasteiger partial charge in [-0.2, -0.15) is 0 Å². The number of sulfone groups is 1. The fourth-order valence-electron chi connectivity index (χ4n) is 9.87. The Labute approximate surface area is 352 Å². The van der Waals surface area contributed by atoms with Crippen molar-refractivity contribution in [1.82, 2.24) is 30.4 Å². The second kappa shape index (κ2) is 15.8. The van der Waals surface area contributed by atoms with Crippen LogP contribution in [0.25, 0.3) is 0 Å². The summed E-state index contributed by atoms with van der Waals surface area (Å²) in [6.45, 7) is 5.63. The molecule has 4 atom stereocenters. The SMILES string of the molecule is CS(=O)(=O)c1ccc(Nc2nc(N3CCCC(NC(=O)C4C5CN(CC6CCN(c7ccc8c(c7)C(=O)N(C7CCC(=O)NC7=O)C8=O)CC6)CC54)C3)cnc2C(N)=O)cc1. The fourth-order valence-corrected chi connectivity index (χ4v) is 10.5. The highest BCUT2D eigenvalue weighted by molar-refractivity contribution is 7.90. The van der Waals surface area contributed by atoms with Crippen LogP contribution in [-0.2, 0) is 24.2 Å². The van der Waals surface area contributed by atoms with Crippen molar-refractivity contribution >= 4 is 68.3 Å². The van der Waals surface area contributed by atoms with Crippen LogP contribution in [0.3, 0.4) is 0 Å². The van der Waals surface area contributed by atoms with Gasteiger partial charge in [0.25, 0.3) is 17.7 Å². The van der Waals surface area contributed by atoms with E-state index in [4.69, 9.17) is 5.73 Å². The molecule has 2 aromatic carbocycles. The molecule has 5 aliphatic heterocycles. The number of hydrogen-bond acceptors (Lipinski definition) is 14. The molecule has 6 amide bonds. The van der Waals surface area contributed by atoms with Crippen LogP contribution in [0.2, 0.25) is 0 Å². The Morgan fingerprint density at radius 1 is 0.885 bits per heavy atom. The van der Waals surface area contributed by atoms with Crippen molar-refractivity contribution in [3.05, 3.63) is 65.5 Å². The van der Waals surface area contributed by atoms with Crippen molar-refractivity contribution in [2.24, 2.45) is 29.4 Å². The molecular weight excluding hydrogens is 805 g/mol. The van der Waals surface area contributed by atoms with Crippen LogP contribution in [0.5, 0.6) is 0 Å². The van der Waals surface area contributed by atoms with Crippen molar-refractivity contribution < 1.29 is 37.2 Å². The molecule has 1 aromatic heterocycles. The third-order valence-electron chi connectivity index (χ3n) is 13.1. The van der Waals surface area contributed by atoms with Gasteiger partial charge in [-0.15, -0.1) is 0 Å². The number of nitrogens with one attached hydrogen (secondary N) is 3. The summed E-state index contributed by atoms with van der Waals surface area (Å²) in [7, 11) is -3.38. The number of amides is 6. The summed E-state index contributed by atoms with van der Waals surface area (Å²) < 4.78 is 23.8. The number of hydrogen-bond donors (Lipinski definition) is 4. The highest BCUT2D eigenvalue weighted by Crippen LogP contribution is 2.52. The zero-order chi connectivity index (χ0) is 42.7. The number of likely N-dealkylation sites (tertiary alicyclic amines) is 1. The monoisotopic (exact) mass is 852 g/mol. The van der Waals surface area contributed by atoms with Gasteiger partial charge in [0.15, 0.2) is 21.3 Å². The van der Waals surface area contributed by atoms with Crippen LogP contribution in [-0.4, -0.2) is 128 Å². The van der Waals surface area contributed by atoms with Gasteiger partial charge in [0.2, 0.25) is 17.7 Å². The van der Waals surface area contributed by atoms with Gasteiger partial charge in [-0.25, -0.2) is 18.4 Å². The number of benzene rings is 2. The molecule has 1 aliphatic carbocycles. The van der Waals surface area contributed by atoms with Gasteiger partial charge in [0.05, 0.1) is 22.2 Å². The molecular formula is C42H48N10O8S. The summed E-state index contributed by atoms with van der Waals surface area (Å²) in [5, 5.41) is 8.59. The van der Waals surface area contributed by atoms with E-state index in [1.165, 1.54) is 18.3 Å². The molecule has 61 heavy (non-hydrogen) atoms. The predicted molar refractivity (Wildman–Crippen MR) is 222 cm³/mol. The first kappa shape index (κ1) is 40.5. The van der Waals surface area contributed by atoms with Gasteiger partial charge in [0, 0.05) is 81.8 Å². The summed E-state index contributed by atoms with van der Waals surface area (Å²) in [6, 6.07) is 10.3. The first-order valence-corrected chi connectivity index (χ1v) is 22.7. The molecule has 0 bridgehead atoms. The van der Waals surface area contributed by atoms with E-state index in [1.54, 1.807) is 24.3 Å². The average molecular weight is 853 g/mol. The topological polar surface area (TPSA) is 237 Å². The summed E-state index contributed by atoms with van der Waals surface area (Å²) >= 11 is 0. The molecule has 5 N–H and O–H groups in total. The normalized spacial score (nSPS) is 25.6. The quantitative estimate of drug-likeness (QED) is 0.199. The van der Waals surface area contributed by atoms with E-state index in [-0.39, 0.29) is 58.2 Å². The standard InChI is InChI=1S/C42H48N10O8S/c1-61(59,60)27-7-4-24(5-8-27)45-38-36(37(43)54)44-18-33(47-38)51-14-2-3-25(20-51)46-40(56)35-30-21-49(22-31(30)35)19-23-12-15-50(16-13-23)26-6-9-28-29(17-26)42(58)52(41(28)57)32-10-11-34(53)48-39(32)55/h4-9,17-18,23,25,30-32,35H,2-3,10-16,19-22H2,1H3,(H2,43,54)(H,45,47)(H,46,56)(H,48,53,55). The van der Waals surface area contributed by atoms with Crippen molar-refractivity contribution in [1.29, 1.82) is 0 Å². The molecule has 19 heteroatoms. The van der Waals surface area contributed by atoms with E-state index in [2.05, 4.69) is 35.7 Å². The second-order valence-corrected chi connectivity index (χ2v) is 19.2. The first-order chi connectivity index (χ1) is 29.2. The maximum atomic E-state index is 13.5. The van der Waals surface area contributed by atoms with Crippen molar-refractivity contribution in [3.8, 4) is 0 Å². The smallest absolute Gasteiger partial charge is 0.271 e. The number of aromatic nitrogens is 2. The number of primary amides is 1. The van der Waals surface area contributed by atoms with Gasteiger partial charge >= 0.3 is 0 Å². The maximum Gasteiger partial charge on any atom is 0.271 e. The number of carbonyl (C=O) groups is 6. The summed E-state index contributed by atoms with van der Waals surface area (Å²) in [4.78, 5) is 93.2. The third-order valence-corrected chi connectivity index (χ3v) is 14.3. The number of imide groups is 2. The number of carbonyl (C=O) groups excluding carboxylic acids is 6. The van der Waals surface area contributed by atoms with E-state index in [0.29, 0.717) is 42.3 Å². The van der Waals surface area contributed by atoms with Crippen LogP contribution < -0.4 is 31.5 Å². The number of rotatable bonds is 11. The predicted octanol–water partition coefficient (Wildman–Crippen LogP) is 1.30. The summed E-state index contributed by atoms with van der Waals surface area (Å²) in [5.41, 5.74) is 7.50. The van der Waals surface area contributed by atoms with Crippen LogP contribution >= 0.6 is 0 Å². The van der Waals surface area contributed by atoms with Crippen molar-refractivity contribution in [3.63, 3.8) is 0 Å².